The van der Waals surface area contributed by atoms with Crippen molar-refractivity contribution in [3.8, 4) is 0 Å². The first-order valence-corrected chi connectivity index (χ1v) is 7.49. The zero-order valence-corrected chi connectivity index (χ0v) is 13.0. The van der Waals surface area contributed by atoms with E-state index in [0.717, 1.165) is 15.8 Å². The van der Waals surface area contributed by atoms with Crippen molar-refractivity contribution < 1.29 is 9.18 Å². The largest absolute Gasteiger partial charge is 0.271 e. The fourth-order valence-electron chi connectivity index (χ4n) is 1.61. The van der Waals surface area contributed by atoms with Crippen LogP contribution < -0.4 is 5.43 Å². The summed E-state index contributed by atoms with van der Waals surface area (Å²) in [5.41, 5.74) is 2.44. The molecule has 2 heterocycles. The Hall–Kier alpha value is -1.54. The SMILES string of the molecule is CCC(C(=O)NN=Cc1ccc(F)s1)n1cc(Br)cn1. The summed E-state index contributed by atoms with van der Waals surface area (Å²) in [6.45, 7) is 1.89. The van der Waals surface area contributed by atoms with Crippen LogP contribution in [0.4, 0.5) is 4.39 Å². The van der Waals surface area contributed by atoms with Crippen LogP contribution in [0.1, 0.15) is 24.3 Å². The van der Waals surface area contributed by atoms with Gasteiger partial charge in [0.05, 0.1) is 21.8 Å². The molecule has 0 radical (unpaired) electrons. The van der Waals surface area contributed by atoms with Gasteiger partial charge in [-0.05, 0) is 34.5 Å². The molecule has 106 valence electrons. The van der Waals surface area contributed by atoms with Crippen LogP contribution in [-0.2, 0) is 4.79 Å². The number of rotatable bonds is 5. The molecule has 5 nitrogen and oxygen atoms in total. The van der Waals surface area contributed by atoms with Crippen LogP contribution in [0, 0.1) is 5.13 Å². The van der Waals surface area contributed by atoms with Crippen molar-refractivity contribution in [3.63, 3.8) is 0 Å². The lowest BCUT2D eigenvalue weighted by molar-refractivity contribution is -0.124. The molecule has 2 aromatic rings. The Balaban J connectivity index is 1.98. The molecule has 0 aliphatic rings. The van der Waals surface area contributed by atoms with Crippen LogP contribution >= 0.6 is 27.3 Å². The molecule has 2 rings (SSSR count). The zero-order chi connectivity index (χ0) is 14.5. The average Bonchev–Trinajstić information content (AvgIpc) is 3.00. The minimum Gasteiger partial charge on any atom is -0.271 e. The molecule has 0 aliphatic heterocycles. The third-order valence-electron chi connectivity index (χ3n) is 2.54. The van der Waals surface area contributed by atoms with Gasteiger partial charge in [0, 0.05) is 6.20 Å². The van der Waals surface area contributed by atoms with E-state index >= 15 is 0 Å². The summed E-state index contributed by atoms with van der Waals surface area (Å²) in [7, 11) is 0. The number of nitrogens with one attached hydrogen (secondary N) is 1. The van der Waals surface area contributed by atoms with Gasteiger partial charge in [-0.3, -0.25) is 9.48 Å². The highest BCUT2D eigenvalue weighted by molar-refractivity contribution is 9.10. The topological polar surface area (TPSA) is 59.3 Å². The molecule has 0 fully saturated rings. The Kier molecular flexibility index (Phi) is 5.02. The minimum absolute atomic E-state index is 0.267. The second-order valence-electron chi connectivity index (χ2n) is 3.94. The second-order valence-corrected chi connectivity index (χ2v) is 5.92. The number of halogens is 2. The maximum atomic E-state index is 12.8. The predicted octanol–water partition coefficient (Wildman–Crippen LogP) is 2.95. The number of carbonyl (C=O) groups excluding carboxylic acids is 1. The first kappa shape index (κ1) is 14.9. The molecule has 1 unspecified atom stereocenters. The molecule has 0 spiro atoms. The van der Waals surface area contributed by atoms with Gasteiger partial charge in [0.2, 0.25) is 0 Å². The van der Waals surface area contributed by atoms with Crippen molar-refractivity contribution in [1.82, 2.24) is 15.2 Å². The lowest BCUT2D eigenvalue weighted by Crippen LogP contribution is -2.29. The van der Waals surface area contributed by atoms with E-state index in [1.807, 2.05) is 6.92 Å². The highest BCUT2D eigenvalue weighted by Crippen LogP contribution is 2.15. The number of aromatic nitrogens is 2. The summed E-state index contributed by atoms with van der Waals surface area (Å²) in [6.07, 6.45) is 5.35. The van der Waals surface area contributed by atoms with E-state index in [0.29, 0.717) is 11.3 Å². The van der Waals surface area contributed by atoms with Gasteiger partial charge in [-0.25, -0.2) is 5.43 Å². The van der Waals surface area contributed by atoms with Crippen LogP contribution in [0.2, 0.25) is 0 Å². The van der Waals surface area contributed by atoms with Crippen LogP contribution in [-0.4, -0.2) is 21.9 Å². The van der Waals surface area contributed by atoms with Crippen LogP contribution in [0.15, 0.2) is 34.1 Å². The second kappa shape index (κ2) is 6.76. The van der Waals surface area contributed by atoms with Gasteiger partial charge < -0.3 is 0 Å². The third-order valence-corrected chi connectivity index (χ3v) is 3.76. The number of nitrogens with zero attached hydrogens (tertiary/aromatic N) is 3. The van der Waals surface area contributed by atoms with Gasteiger partial charge in [-0.1, -0.05) is 6.92 Å². The Morgan fingerprint density at radius 3 is 3.05 bits per heavy atom. The van der Waals surface area contributed by atoms with Crippen molar-refractivity contribution in [3.05, 3.63) is 39.0 Å². The first-order valence-electron chi connectivity index (χ1n) is 5.88. The molecule has 1 N–H and O–H groups in total. The Labute approximate surface area is 127 Å². The van der Waals surface area contributed by atoms with Crippen molar-refractivity contribution in [2.45, 2.75) is 19.4 Å². The van der Waals surface area contributed by atoms with Crippen LogP contribution in [0.5, 0.6) is 0 Å². The number of carbonyl (C=O) groups is 1. The predicted molar refractivity (Wildman–Crippen MR) is 79.3 cm³/mol. The van der Waals surface area contributed by atoms with E-state index in [1.54, 1.807) is 23.1 Å². The molecule has 1 amide bonds. The number of amides is 1. The van der Waals surface area contributed by atoms with Crippen molar-refractivity contribution >= 4 is 39.4 Å². The van der Waals surface area contributed by atoms with Gasteiger partial charge in [0.1, 0.15) is 6.04 Å². The molecule has 0 bridgehead atoms. The number of hydrogen-bond acceptors (Lipinski definition) is 4. The van der Waals surface area contributed by atoms with Crippen molar-refractivity contribution in [2.24, 2.45) is 5.10 Å². The number of thiophene rings is 1. The summed E-state index contributed by atoms with van der Waals surface area (Å²) in [6, 6.07) is 2.51. The number of hydrazone groups is 1. The Morgan fingerprint density at radius 1 is 1.70 bits per heavy atom. The summed E-state index contributed by atoms with van der Waals surface area (Å²) < 4.78 is 15.1. The molecule has 0 aliphatic carbocycles. The Bertz CT molecular complexity index is 625. The van der Waals surface area contributed by atoms with Crippen LogP contribution in [0.25, 0.3) is 0 Å². The molecule has 0 saturated heterocycles. The molecule has 2 aromatic heterocycles. The maximum Gasteiger partial charge on any atom is 0.264 e. The zero-order valence-electron chi connectivity index (χ0n) is 10.6. The normalized spacial score (nSPS) is 12.8. The van der Waals surface area contributed by atoms with Gasteiger partial charge in [-0.15, -0.1) is 11.3 Å². The third kappa shape index (κ3) is 3.73. The monoisotopic (exact) mass is 358 g/mol. The number of hydrogen-bond donors (Lipinski definition) is 1. The molecular formula is C12H12BrFN4OS. The summed E-state index contributed by atoms with van der Waals surface area (Å²) in [5, 5.41) is 7.62. The lowest BCUT2D eigenvalue weighted by atomic mass is 10.2. The van der Waals surface area contributed by atoms with Gasteiger partial charge in [0.25, 0.3) is 5.91 Å². The van der Waals surface area contributed by atoms with E-state index in [9.17, 15) is 9.18 Å². The molecule has 20 heavy (non-hydrogen) atoms. The first-order chi connectivity index (χ1) is 9.60. The standard InChI is InChI=1S/C12H12BrFN4OS/c1-2-10(18-7-8(13)5-16-18)12(19)17-15-6-9-3-4-11(14)20-9/h3-7,10H,2H2,1H3,(H,17,19). The molecule has 0 saturated carbocycles. The summed E-state index contributed by atoms with van der Waals surface area (Å²) >= 11 is 4.25. The molecule has 1 atom stereocenters. The summed E-state index contributed by atoms with van der Waals surface area (Å²) in [5.74, 6) is -0.267. The fourth-order valence-corrected chi connectivity index (χ4v) is 2.51. The minimum atomic E-state index is -0.432. The quantitative estimate of drug-likeness (QED) is 0.659. The molecule has 0 aromatic carbocycles. The lowest BCUT2D eigenvalue weighted by Gasteiger charge is -2.12. The van der Waals surface area contributed by atoms with Crippen molar-refractivity contribution in [1.29, 1.82) is 0 Å². The van der Waals surface area contributed by atoms with E-state index in [4.69, 9.17) is 0 Å². The highest BCUT2D eigenvalue weighted by atomic mass is 79.9. The van der Waals surface area contributed by atoms with Crippen LogP contribution in [0.3, 0.4) is 0 Å². The average molecular weight is 359 g/mol. The molecular weight excluding hydrogens is 347 g/mol. The van der Waals surface area contributed by atoms with E-state index in [-0.39, 0.29) is 11.0 Å². The van der Waals surface area contributed by atoms with E-state index in [1.165, 1.54) is 12.3 Å². The van der Waals surface area contributed by atoms with Gasteiger partial charge >= 0.3 is 0 Å². The van der Waals surface area contributed by atoms with Gasteiger partial charge in [-0.2, -0.15) is 14.6 Å². The van der Waals surface area contributed by atoms with Gasteiger partial charge in [0.15, 0.2) is 5.13 Å². The summed E-state index contributed by atoms with van der Waals surface area (Å²) in [4.78, 5) is 12.6. The highest BCUT2D eigenvalue weighted by Gasteiger charge is 2.18. The van der Waals surface area contributed by atoms with E-state index < -0.39 is 6.04 Å². The molecule has 8 heteroatoms. The Morgan fingerprint density at radius 2 is 2.50 bits per heavy atom. The van der Waals surface area contributed by atoms with E-state index in [2.05, 4.69) is 31.6 Å². The maximum absolute atomic E-state index is 12.8. The fraction of sp³-hybridized carbons (Fsp3) is 0.250. The smallest absolute Gasteiger partial charge is 0.264 e. The van der Waals surface area contributed by atoms with Crippen molar-refractivity contribution in [2.75, 3.05) is 0 Å².